The first-order valence-corrected chi connectivity index (χ1v) is 18.7. The molecule has 2 aromatic heterocycles. The standard InChI is InChI=1S/C34H48ClN7O7S/c1-32(2,3)48-29(44)24(39-31(45)49-33(4,5)6)8-9-25(43)47-20-34(13-7-14-34)41-28-26-23(12-17-50(26)46)38-30(40-28)42-15-10-21(11-16-42)27-36-18-22(35)19-37-27/h18-19,21,24H,7-17,20H2,1-6H3,(H,39,45)(H,38,40,41)/t24-,50+/m0/s1/i20D2. The van der Waals surface area contributed by atoms with Crippen molar-refractivity contribution in [1.29, 1.82) is 0 Å². The SMILES string of the molecule is [2H]C([2H])(OC(=O)CC[C@H](NC(=O)OC(C)(C)C)C(=O)OC(C)(C)C)C1(Nc2nc(N3CCC(c4ncc(Cl)cn4)CC3)nc3c2[S@+]([O-])CC3)CCC1. The third-order valence-corrected chi connectivity index (χ3v) is 10.1. The van der Waals surface area contributed by atoms with Crippen LogP contribution in [0.1, 0.15) is 107 Å². The van der Waals surface area contributed by atoms with E-state index in [0.717, 1.165) is 18.7 Å². The van der Waals surface area contributed by atoms with Crippen molar-refractivity contribution in [2.75, 3.05) is 35.6 Å². The van der Waals surface area contributed by atoms with Gasteiger partial charge in [0.25, 0.3) is 0 Å². The van der Waals surface area contributed by atoms with Crippen molar-refractivity contribution in [3.8, 4) is 0 Å². The van der Waals surface area contributed by atoms with Gasteiger partial charge in [0.2, 0.25) is 10.8 Å². The summed E-state index contributed by atoms with van der Waals surface area (Å²) in [5.74, 6) is 0.306. The highest BCUT2D eigenvalue weighted by Crippen LogP contribution is 2.40. The minimum Gasteiger partial charge on any atom is -0.611 e. The van der Waals surface area contributed by atoms with Crippen LogP contribution in [0, 0.1) is 0 Å². The van der Waals surface area contributed by atoms with Crippen LogP contribution in [0.25, 0.3) is 0 Å². The van der Waals surface area contributed by atoms with E-state index in [-0.39, 0.29) is 18.2 Å². The van der Waals surface area contributed by atoms with Crippen molar-refractivity contribution in [1.82, 2.24) is 25.3 Å². The molecule has 5 rings (SSSR count). The summed E-state index contributed by atoms with van der Waals surface area (Å²) < 4.78 is 47.3. The molecule has 0 aromatic carbocycles. The molecule has 4 heterocycles. The molecule has 0 spiro atoms. The lowest BCUT2D eigenvalue weighted by molar-refractivity contribution is -0.158. The van der Waals surface area contributed by atoms with E-state index in [4.69, 9.17) is 38.5 Å². The fraction of sp³-hybridized carbons (Fsp3) is 0.676. The molecule has 0 radical (unpaired) electrons. The van der Waals surface area contributed by atoms with Crippen molar-refractivity contribution in [3.05, 3.63) is 28.9 Å². The predicted octanol–water partition coefficient (Wildman–Crippen LogP) is 4.86. The summed E-state index contributed by atoms with van der Waals surface area (Å²) in [7, 11) is 0. The molecular weight excluding hydrogens is 686 g/mol. The van der Waals surface area contributed by atoms with Crippen LogP contribution in [-0.4, -0.2) is 90.7 Å². The fourth-order valence-electron chi connectivity index (χ4n) is 5.83. The van der Waals surface area contributed by atoms with Crippen LogP contribution in [0.3, 0.4) is 0 Å². The zero-order valence-electron chi connectivity index (χ0n) is 31.5. The average molecular weight is 736 g/mol. The molecule has 274 valence electrons. The second kappa shape index (κ2) is 15.4. The van der Waals surface area contributed by atoms with Crippen LogP contribution in [0.5, 0.6) is 0 Å². The van der Waals surface area contributed by atoms with Gasteiger partial charge in [0, 0.05) is 44.2 Å². The molecule has 2 fully saturated rings. The number of amides is 1. The highest BCUT2D eigenvalue weighted by Gasteiger charge is 2.43. The monoisotopic (exact) mass is 735 g/mol. The summed E-state index contributed by atoms with van der Waals surface area (Å²) in [6, 6.07) is -1.25. The Labute approximate surface area is 304 Å². The number of aryl methyl sites for hydroxylation is 1. The van der Waals surface area contributed by atoms with E-state index in [1.807, 2.05) is 4.90 Å². The first kappa shape index (κ1) is 35.0. The molecule has 2 aromatic rings. The van der Waals surface area contributed by atoms with Crippen LogP contribution < -0.4 is 15.5 Å². The summed E-state index contributed by atoms with van der Waals surface area (Å²) in [6.45, 7) is 8.80. The van der Waals surface area contributed by atoms with Crippen molar-refractivity contribution >= 4 is 52.6 Å². The Morgan fingerprint density at radius 1 is 1.10 bits per heavy atom. The molecule has 2 aliphatic heterocycles. The molecule has 1 amide bonds. The second-order valence-electron chi connectivity index (χ2n) is 14.9. The smallest absolute Gasteiger partial charge is 0.408 e. The van der Waals surface area contributed by atoms with E-state index in [0.29, 0.717) is 66.1 Å². The lowest BCUT2D eigenvalue weighted by atomic mass is 9.77. The van der Waals surface area contributed by atoms with Crippen LogP contribution >= 0.6 is 11.6 Å². The Bertz CT molecular complexity index is 1630. The summed E-state index contributed by atoms with van der Waals surface area (Å²) in [5.41, 5.74) is -2.40. The van der Waals surface area contributed by atoms with Gasteiger partial charge in [-0.2, -0.15) is 4.98 Å². The van der Waals surface area contributed by atoms with Crippen molar-refractivity contribution < 1.29 is 35.9 Å². The largest absolute Gasteiger partial charge is 0.611 e. The molecule has 14 nitrogen and oxygen atoms in total. The fourth-order valence-corrected chi connectivity index (χ4v) is 7.23. The number of halogens is 1. The molecule has 1 saturated carbocycles. The maximum absolute atomic E-state index is 13.2. The topological polar surface area (TPSA) is 181 Å². The van der Waals surface area contributed by atoms with Gasteiger partial charge >= 0.3 is 18.0 Å². The second-order valence-corrected chi connectivity index (χ2v) is 16.8. The number of nitrogens with zero attached hydrogens (tertiary/aromatic N) is 5. The van der Waals surface area contributed by atoms with Crippen LogP contribution in [0.4, 0.5) is 16.6 Å². The number of esters is 2. The molecule has 2 atom stereocenters. The van der Waals surface area contributed by atoms with Gasteiger partial charge in [-0.3, -0.25) is 4.79 Å². The van der Waals surface area contributed by atoms with Crippen molar-refractivity contribution in [2.45, 2.75) is 127 Å². The lowest BCUT2D eigenvalue weighted by Gasteiger charge is -2.42. The van der Waals surface area contributed by atoms with Gasteiger partial charge in [-0.05, 0) is 91.2 Å². The number of piperidine rings is 1. The van der Waals surface area contributed by atoms with E-state index >= 15 is 0 Å². The molecular formula is C34H48ClN7O7S. The van der Waals surface area contributed by atoms with E-state index < -0.39 is 65.0 Å². The zero-order chi connectivity index (χ0) is 38.1. The minimum absolute atomic E-state index is 0.153. The summed E-state index contributed by atoms with van der Waals surface area (Å²) >= 11 is 4.58. The maximum Gasteiger partial charge on any atom is 0.408 e. The predicted molar refractivity (Wildman–Crippen MR) is 188 cm³/mol. The van der Waals surface area contributed by atoms with Crippen molar-refractivity contribution in [3.63, 3.8) is 0 Å². The van der Waals surface area contributed by atoms with Gasteiger partial charge in [0.15, 0.2) is 5.82 Å². The molecule has 1 saturated heterocycles. The molecule has 3 aliphatic rings. The number of hydrogen-bond acceptors (Lipinski definition) is 13. The number of alkyl carbamates (subject to hydrolysis) is 1. The number of ether oxygens (including phenoxy) is 3. The highest BCUT2D eigenvalue weighted by molar-refractivity contribution is 7.91. The number of nitrogens with one attached hydrogen (secondary N) is 2. The number of carbonyl (C=O) groups is 3. The maximum atomic E-state index is 13.2. The Morgan fingerprint density at radius 3 is 2.36 bits per heavy atom. The van der Waals surface area contributed by atoms with E-state index in [2.05, 4.69) is 20.6 Å². The minimum atomic E-state index is -2.52. The average Bonchev–Trinajstić information content (AvgIpc) is 3.39. The molecule has 16 heteroatoms. The normalized spacial score (nSPS) is 20.4. The van der Waals surface area contributed by atoms with E-state index in [9.17, 15) is 18.9 Å². The van der Waals surface area contributed by atoms with Gasteiger partial charge < -0.3 is 34.3 Å². The Kier molecular flexibility index (Phi) is 10.8. The number of hydrogen-bond donors (Lipinski definition) is 2. The van der Waals surface area contributed by atoms with Gasteiger partial charge in [0.1, 0.15) is 41.1 Å². The van der Waals surface area contributed by atoms with Crippen LogP contribution in [0.15, 0.2) is 17.3 Å². The first-order chi connectivity index (χ1) is 24.2. The summed E-state index contributed by atoms with van der Waals surface area (Å²) in [6.07, 6.45) is 5.03. The molecule has 50 heavy (non-hydrogen) atoms. The third-order valence-electron chi connectivity index (χ3n) is 8.40. The van der Waals surface area contributed by atoms with Gasteiger partial charge in [-0.15, -0.1) is 0 Å². The molecule has 2 N–H and O–H groups in total. The Balaban J connectivity index is 1.28. The quantitative estimate of drug-likeness (QED) is 0.182. The molecule has 0 unspecified atom stereocenters. The number of fused-ring (bicyclic) bond motifs is 1. The van der Waals surface area contributed by atoms with Crippen molar-refractivity contribution in [2.24, 2.45) is 0 Å². The van der Waals surface area contributed by atoms with Gasteiger partial charge in [-0.25, -0.2) is 24.5 Å². The van der Waals surface area contributed by atoms with Gasteiger partial charge in [-0.1, -0.05) is 11.6 Å². The number of rotatable bonds is 11. The van der Waals surface area contributed by atoms with E-state index in [1.165, 1.54) is 0 Å². The number of aromatic nitrogens is 4. The number of carbonyl (C=O) groups excluding carboxylic acids is 3. The van der Waals surface area contributed by atoms with Crippen LogP contribution in [0.2, 0.25) is 5.02 Å². The number of anilines is 2. The molecule has 1 aliphatic carbocycles. The summed E-state index contributed by atoms with van der Waals surface area (Å²) in [5, 5.41) is 6.19. The molecule has 0 bridgehead atoms. The third kappa shape index (κ3) is 10.1. The van der Waals surface area contributed by atoms with Gasteiger partial charge in [0.05, 0.1) is 13.3 Å². The first-order valence-electron chi connectivity index (χ1n) is 18.0. The Morgan fingerprint density at radius 2 is 1.76 bits per heavy atom. The summed E-state index contributed by atoms with van der Waals surface area (Å²) in [4.78, 5) is 59.5. The Hall–Kier alpha value is -3.43. The lowest BCUT2D eigenvalue weighted by Crippen LogP contribution is -2.50. The van der Waals surface area contributed by atoms with Crippen LogP contribution in [-0.2, 0) is 41.4 Å². The highest BCUT2D eigenvalue weighted by atomic mass is 35.5. The zero-order valence-corrected chi connectivity index (χ0v) is 31.0. The van der Waals surface area contributed by atoms with E-state index in [1.54, 1.807) is 53.9 Å².